The summed E-state index contributed by atoms with van der Waals surface area (Å²) in [6.45, 7) is 6.07. The van der Waals surface area contributed by atoms with Gasteiger partial charge in [0.25, 0.3) is 5.24 Å². The second kappa shape index (κ2) is 9.15. The average Bonchev–Trinajstić information content (AvgIpc) is 3.29. The third kappa shape index (κ3) is 5.00. The number of benzene rings is 1. The molecule has 1 N–H and O–H groups in total. The van der Waals surface area contributed by atoms with Crippen LogP contribution in [0.5, 0.6) is 0 Å². The average molecular weight is 446 g/mol. The summed E-state index contributed by atoms with van der Waals surface area (Å²) in [6.07, 6.45) is 0. The molecule has 10 heteroatoms. The number of urea groups is 1. The lowest BCUT2D eigenvalue weighted by molar-refractivity contribution is -0.125. The van der Waals surface area contributed by atoms with Crippen LogP contribution in [0.25, 0.3) is 0 Å². The van der Waals surface area contributed by atoms with Gasteiger partial charge in [-0.1, -0.05) is 23.9 Å². The van der Waals surface area contributed by atoms with E-state index in [1.807, 2.05) is 24.0 Å². The summed E-state index contributed by atoms with van der Waals surface area (Å²) in [6, 6.07) is 7.13. The fourth-order valence-corrected chi connectivity index (χ4v) is 4.76. The van der Waals surface area contributed by atoms with Gasteiger partial charge in [0.1, 0.15) is 0 Å². The summed E-state index contributed by atoms with van der Waals surface area (Å²) >= 11 is 2.69. The first-order chi connectivity index (χ1) is 14.5. The van der Waals surface area contributed by atoms with E-state index in [0.29, 0.717) is 18.8 Å². The van der Waals surface area contributed by atoms with Gasteiger partial charge in [-0.2, -0.15) is 0 Å². The van der Waals surface area contributed by atoms with Crippen LogP contribution in [0.2, 0.25) is 0 Å². The molecule has 0 unspecified atom stereocenters. The van der Waals surface area contributed by atoms with Crippen molar-refractivity contribution in [3.8, 4) is 0 Å². The number of imide groups is 1. The molecule has 0 spiro atoms. The Bertz CT molecular complexity index is 922. The Morgan fingerprint density at radius 2 is 1.83 bits per heavy atom. The number of amides is 4. The van der Waals surface area contributed by atoms with Crippen LogP contribution in [0.1, 0.15) is 16.3 Å². The van der Waals surface area contributed by atoms with E-state index in [1.165, 1.54) is 4.90 Å². The molecule has 2 aromatic rings. The summed E-state index contributed by atoms with van der Waals surface area (Å²) < 4.78 is 0. The minimum atomic E-state index is -0.207. The Kier molecular flexibility index (Phi) is 6.35. The fourth-order valence-electron chi connectivity index (χ4n) is 3.43. The molecular formula is C20H23N5O3S2. The Labute approximate surface area is 183 Å². The Morgan fingerprint density at radius 1 is 1.10 bits per heavy atom. The number of nitrogens with zero attached hydrogens (tertiary/aromatic N) is 4. The Hall–Kier alpha value is -2.43. The van der Waals surface area contributed by atoms with Crippen LogP contribution in [-0.2, 0) is 17.9 Å². The lowest BCUT2D eigenvalue weighted by atomic mass is 10.2. The number of thiazole rings is 1. The number of carbonyl (C=O) groups is 3. The van der Waals surface area contributed by atoms with Crippen LogP contribution in [-0.4, -0.2) is 68.8 Å². The van der Waals surface area contributed by atoms with Crippen LogP contribution in [0, 0.1) is 6.92 Å². The lowest BCUT2D eigenvalue weighted by Gasteiger charge is -2.34. The lowest BCUT2D eigenvalue weighted by Crippen LogP contribution is -2.49. The zero-order valence-electron chi connectivity index (χ0n) is 16.7. The van der Waals surface area contributed by atoms with E-state index in [4.69, 9.17) is 0 Å². The zero-order valence-corrected chi connectivity index (χ0v) is 18.3. The van der Waals surface area contributed by atoms with Crippen LogP contribution in [0.4, 0.5) is 15.3 Å². The molecule has 3 heterocycles. The number of carbonyl (C=O) groups excluding carboxylic acids is 3. The number of rotatable bonds is 5. The van der Waals surface area contributed by atoms with Crippen LogP contribution < -0.4 is 5.32 Å². The van der Waals surface area contributed by atoms with E-state index >= 15 is 0 Å². The van der Waals surface area contributed by atoms with Crippen molar-refractivity contribution in [2.45, 2.75) is 20.0 Å². The molecule has 4 rings (SSSR count). The molecule has 4 amide bonds. The molecule has 30 heavy (non-hydrogen) atoms. The van der Waals surface area contributed by atoms with Crippen molar-refractivity contribution in [1.29, 1.82) is 0 Å². The summed E-state index contributed by atoms with van der Waals surface area (Å²) in [7, 11) is 0. The standard InChI is InChI=1S/C20H23N5O3S2/c1-14-21-17(12-29-14)11-23-6-8-24(9-7-23)19(27)22-16-4-2-15(3-5-16)10-25-18(26)13-30-20(25)28/h2-5,12H,6-11,13H2,1H3,(H,22,27). The summed E-state index contributed by atoms with van der Waals surface area (Å²) in [5.41, 5.74) is 2.63. The third-order valence-corrected chi connectivity index (χ3v) is 6.78. The number of nitrogens with one attached hydrogen (secondary N) is 1. The molecule has 0 bridgehead atoms. The molecule has 0 saturated carbocycles. The van der Waals surface area contributed by atoms with E-state index in [0.717, 1.165) is 47.7 Å². The van der Waals surface area contributed by atoms with Crippen LogP contribution >= 0.6 is 23.1 Å². The highest BCUT2D eigenvalue weighted by Gasteiger charge is 2.29. The number of thioether (sulfide) groups is 1. The number of aromatic nitrogens is 1. The Morgan fingerprint density at radius 3 is 2.43 bits per heavy atom. The fraction of sp³-hybridized carbons (Fsp3) is 0.400. The summed E-state index contributed by atoms with van der Waals surface area (Å²) in [5, 5.41) is 5.88. The molecule has 0 radical (unpaired) electrons. The van der Waals surface area contributed by atoms with Crippen molar-refractivity contribution in [1.82, 2.24) is 19.7 Å². The van der Waals surface area contributed by atoms with Crippen LogP contribution in [0.15, 0.2) is 29.6 Å². The number of hydrogen-bond donors (Lipinski definition) is 1. The third-order valence-electron chi connectivity index (χ3n) is 5.10. The highest BCUT2D eigenvalue weighted by molar-refractivity contribution is 8.14. The largest absolute Gasteiger partial charge is 0.322 e. The van der Waals surface area contributed by atoms with E-state index < -0.39 is 0 Å². The van der Waals surface area contributed by atoms with Crippen molar-refractivity contribution < 1.29 is 14.4 Å². The molecule has 0 atom stereocenters. The van der Waals surface area contributed by atoms with Gasteiger partial charge in [-0.3, -0.25) is 19.4 Å². The number of aryl methyl sites for hydroxylation is 1. The molecule has 2 fully saturated rings. The molecular weight excluding hydrogens is 422 g/mol. The second-order valence-electron chi connectivity index (χ2n) is 7.28. The van der Waals surface area contributed by atoms with Gasteiger partial charge in [0.15, 0.2) is 0 Å². The van der Waals surface area contributed by atoms with Gasteiger partial charge in [-0.25, -0.2) is 9.78 Å². The topological polar surface area (TPSA) is 85.8 Å². The maximum Gasteiger partial charge on any atom is 0.321 e. The van der Waals surface area contributed by atoms with Gasteiger partial charge in [0.2, 0.25) is 5.91 Å². The van der Waals surface area contributed by atoms with Gasteiger partial charge in [0, 0.05) is 43.8 Å². The maximum atomic E-state index is 12.6. The highest BCUT2D eigenvalue weighted by atomic mass is 32.2. The maximum absolute atomic E-state index is 12.6. The Balaban J connectivity index is 1.25. The number of piperazine rings is 1. The smallest absolute Gasteiger partial charge is 0.321 e. The van der Waals surface area contributed by atoms with E-state index in [1.54, 1.807) is 23.5 Å². The van der Waals surface area contributed by atoms with Crippen molar-refractivity contribution in [2.75, 3.05) is 37.2 Å². The molecule has 1 aromatic carbocycles. The van der Waals surface area contributed by atoms with E-state index in [9.17, 15) is 14.4 Å². The predicted octanol–water partition coefficient (Wildman–Crippen LogP) is 3.00. The van der Waals surface area contributed by atoms with Gasteiger partial charge >= 0.3 is 6.03 Å². The van der Waals surface area contributed by atoms with Crippen LogP contribution in [0.3, 0.4) is 0 Å². The van der Waals surface area contributed by atoms with Gasteiger partial charge in [0.05, 0.1) is 23.0 Å². The zero-order chi connectivity index (χ0) is 21.1. The van der Waals surface area contributed by atoms with E-state index in [2.05, 4.69) is 20.6 Å². The number of hydrogen-bond acceptors (Lipinski definition) is 7. The molecule has 2 aliphatic rings. The predicted molar refractivity (Wildman–Crippen MR) is 118 cm³/mol. The second-order valence-corrected chi connectivity index (χ2v) is 9.27. The van der Waals surface area contributed by atoms with Crippen molar-refractivity contribution in [2.24, 2.45) is 0 Å². The molecule has 8 nitrogen and oxygen atoms in total. The van der Waals surface area contributed by atoms with E-state index in [-0.39, 0.29) is 29.5 Å². The van der Waals surface area contributed by atoms with Gasteiger partial charge < -0.3 is 10.2 Å². The quantitative estimate of drug-likeness (QED) is 0.762. The number of anilines is 1. The first-order valence-electron chi connectivity index (χ1n) is 9.73. The SMILES string of the molecule is Cc1nc(CN2CCN(C(=O)Nc3ccc(CN4C(=O)CSC4=O)cc3)CC2)cs1. The molecule has 2 saturated heterocycles. The van der Waals surface area contributed by atoms with Crippen molar-refractivity contribution in [3.63, 3.8) is 0 Å². The van der Waals surface area contributed by atoms with Crippen molar-refractivity contribution in [3.05, 3.63) is 45.9 Å². The summed E-state index contributed by atoms with van der Waals surface area (Å²) in [5.74, 6) is 0.0513. The highest BCUT2D eigenvalue weighted by Crippen LogP contribution is 2.22. The van der Waals surface area contributed by atoms with Crippen molar-refractivity contribution >= 4 is 46.0 Å². The van der Waals surface area contributed by atoms with Gasteiger partial charge in [-0.05, 0) is 24.6 Å². The summed E-state index contributed by atoms with van der Waals surface area (Å²) in [4.78, 5) is 45.9. The first-order valence-corrected chi connectivity index (χ1v) is 11.6. The minimum absolute atomic E-state index is 0.117. The minimum Gasteiger partial charge on any atom is -0.322 e. The normalized spacial score (nSPS) is 17.6. The first kappa shape index (κ1) is 20.8. The van der Waals surface area contributed by atoms with Gasteiger partial charge in [-0.15, -0.1) is 11.3 Å². The molecule has 158 valence electrons. The molecule has 1 aromatic heterocycles. The molecule has 2 aliphatic heterocycles. The monoisotopic (exact) mass is 445 g/mol. The molecule has 0 aliphatic carbocycles.